The SMILES string of the molecule is CC(C)=C[C@@H]1COc2ccccc2[C@@H]1C[N+](=O)[O-]. The predicted octanol–water partition coefficient (Wildman–Crippen LogP) is 3.02. The molecule has 1 heterocycles. The van der Waals surface area contributed by atoms with Crippen molar-refractivity contribution in [3.63, 3.8) is 0 Å². The molecular formula is C14H17NO3. The van der Waals surface area contributed by atoms with Gasteiger partial charge in [0.15, 0.2) is 0 Å². The fraction of sp³-hybridized carbons (Fsp3) is 0.429. The Labute approximate surface area is 106 Å². The van der Waals surface area contributed by atoms with E-state index in [0.29, 0.717) is 6.61 Å². The van der Waals surface area contributed by atoms with Crippen molar-refractivity contribution in [2.75, 3.05) is 13.2 Å². The van der Waals surface area contributed by atoms with Crippen LogP contribution in [0.15, 0.2) is 35.9 Å². The van der Waals surface area contributed by atoms with Crippen LogP contribution in [0.2, 0.25) is 0 Å². The van der Waals surface area contributed by atoms with Gasteiger partial charge in [-0.15, -0.1) is 0 Å². The highest BCUT2D eigenvalue weighted by Crippen LogP contribution is 2.38. The maximum absolute atomic E-state index is 10.9. The minimum Gasteiger partial charge on any atom is -0.493 e. The van der Waals surface area contributed by atoms with Gasteiger partial charge in [0.05, 0.1) is 12.5 Å². The third-order valence-corrected chi connectivity index (χ3v) is 3.16. The molecule has 96 valence electrons. The lowest BCUT2D eigenvalue weighted by molar-refractivity contribution is -0.484. The van der Waals surface area contributed by atoms with E-state index in [1.54, 1.807) is 0 Å². The number of allylic oxidation sites excluding steroid dienone is 1. The smallest absolute Gasteiger partial charge is 0.211 e. The van der Waals surface area contributed by atoms with Crippen LogP contribution < -0.4 is 4.74 Å². The van der Waals surface area contributed by atoms with Gasteiger partial charge < -0.3 is 4.74 Å². The first-order valence-corrected chi connectivity index (χ1v) is 6.06. The van der Waals surface area contributed by atoms with Crippen LogP contribution in [0.5, 0.6) is 5.75 Å². The second-order valence-corrected chi connectivity index (χ2v) is 4.88. The highest BCUT2D eigenvalue weighted by Gasteiger charge is 2.32. The minimum absolute atomic E-state index is 0.0468. The Balaban J connectivity index is 2.36. The van der Waals surface area contributed by atoms with Gasteiger partial charge in [0.1, 0.15) is 5.75 Å². The fourth-order valence-corrected chi connectivity index (χ4v) is 2.44. The Morgan fingerprint density at radius 3 is 2.89 bits per heavy atom. The van der Waals surface area contributed by atoms with E-state index in [2.05, 4.69) is 6.08 Å². The molecule has 2 atom stereocenters. The lowest BCUT2D eigenvalue weighted by atomic mass is 9.83. The third-order valence-electron chi connectivity index (χ3n) is 3.16. The summed E-state index contributed by atoms with van der Waals surface area (Å²) in [6.45, 7) is 4.48. The molecule has 0 amide bonds. The van der Waals surface area contributed by atoms with Crippen molar-refractivity contribution >= 4 is 0 Å². The van der Waals surface area contributed by atoms with Gasteiger partial charge in [-0.3, -0.25) is 10.1 Å². The second kappa shape index (κ2) is 5.21. The van der Waals surface area contributed by atoms with Gasteiger partial charge in [-0.1, -0.05) is 29.8 Å². The Morgan fingerprint density at radius 2 is 2.22 bits per heavy atom. The largest absolute Gasteiger partial charge is 0.493 e. The highest BCUT2D eigenvalue weighted by atomic mass is 16.6. The Kier molecular flexibility index (Phi) is 3.65. The summed E-state index contributed by atoms with van der Waals surface area (Å²) in [5.41, 5.74) is 2.11. The number of ether oxygens (including phenoxy) is 1. The van der Waals surface area contributed by atoms with Crippen LogP contribution in [-0.2, 0) is 0 Å². The van der Waals surface area contributed by atoms with E-state index >= 15 is 0 Å². The van der Waals surface area contributed by atoms with Crippen molar-refractivity contribution in [3.8, 4) is 5.75 Å². The lowest BCUT2D eigenvalue weighted by Gasteiger charge is -2.29. The number of nitro groups is 1. The van der Waals surface area contributed by atoms with Crippen molar-refractivity contribution < 1.29 is 9.66 Å². The summed E-state index contributed by atoms with van der Waals surface area (Å²) in [5.74, 6) is 0.762. The van der Waals surface area contributed by atoms with Crippen molar-refractivity contribution in [1.29, 1.82) is 0 Å². The molecule has 0 unspecified atom stereocenters. The van der Waals surface area contributed by atoms with E-state index in [1.807, 2.05) is 38.1 Å². The van der Waals surface area contributed by atoms with Crippen LogP contribution in [0.3, 0.4) is 0 Å². The molecule has 1 aliphatic rings. The molecule has 1 aromatic rings. The summed E-state index contributed by atoms with van der Waals surface area (Å²) < 4.78 is 5.68. The van der Waals surface area contributed by atoms with Crippen molar-refractivity contribution in [1.82, 2.24) is 0 Å². The van der Waals surface area contributed by atoms with Crippen LogP contribution in [0, 0.1) is 16.0 Å². The molecule has 0 saturated heterocycles. The Hall–Kier alpha value is -1.84. The number of hydrogen-bond acceptors (Lipinski definition) is 3. The molecular weight excluding hydrogens is 230 g/mol. The highest BCUT2D eigenvalue weighted by molar-refractivity contribution is 5.39. The number of benzene rings is 1. The normalized spacial score (nSPS) is 21.7. The molecule has 4 nitrogen and oxygen atoms in total. The molecule has 0 spiro atoms. The number of fused-ring (bicyclic) bond motifs is 1. The number of rotatable bonds is 3. The van der Waals surface area contributed by atoms with Crippen molar-refractivity contribution in [2.24, 2.45) is 5.92 Å². The molecule has 0 radical (unpaired) electrons. The third kappa shape index (κ3) is 2.70. The number of hydrogen-bond donors (Lipinski definition) is 0. The van der Waals surface area contributed by atoms with Gasteiger partial charge in [0.2, 0.25) is 6.54 Å². The topological polar surface area (TPSA) is 52.4 Å². The molecule has 0 bridgehead atoms. The minimum atomic E-state index is -0.237. The first kappa shape index (κ1) is 12.6. The van der Waals surface area contributed by atoms with E-state index < -0.39 is 0 Å². The van der Waals surface area contributed by atoms with E-state index in [0.717, 1.165) is 16.9 Å². The summed E-state index contributed by atoms with van der Waals surface area (Å²) in [4.78, 5) is 10.6. The monoisotopic (exact) mass is 247 g/mol. The summed E-state index contributed by atoms with van der Waals surface area (Å²) in [6, 6.07) is 7.60. The van der Waals surface area contributed by atoms with Gasteiger partial charge in [-0.25, -0.2) is 0 Å². The maximum atomic E-state index is 10.9. The zero-order valence-corrected chi connectivity index (χ0v) is 10.6. The Bertz CT molecular complexity index is 478. The molecule has 0 aromatic heterocycles. The van der Waals surface area contributed by atoms with Crippen LogP contribution in [0.25, 0.3) is 0 Å². The van der Waals surface area contributed by atoms with E-state index in [1.165, 1.54) is 0 Å². The van der Waals surface area contributed by atoms with Crippen molar-refractivity contribution in [2.45, 2.75) is 19.8 Å². The summed E-state index contributed by atoms with van der Waals surface area (Å²) in [7, 11) is 0. The fourth-order valence-electron chi connectivity index (χ4n) is 2.44. The Morgan fingerprint density at radius 1 is 1.50 bits per heavy atom. The molecule has 1 aromatic carbocycles. The maximum Gasteiger partial charge on any atom is 0.211 e. The molecule has 0 fully saturated rings. The molecule has 1 aliphatic heterocycles. The van der Waals surface area contributed by atoms with Crippen molar-refractivity contribution in [3.05, 3.63) is 51.6 Å². The quantitative estimate of drug-likeness (QED) is 0.468. The van der Waals surface area contributed by atoms with Gasteiger partial charge in [-0.2, -0.15) is 0 Å². The molecule has 0 N–H and O–H groups in total. The van der Waals surface area contributed by atoms with Gasteiger partial charge in [0, 0.05) is 16.4 Å². The molecule has 18 heavy (non-hydrogen) atoms. The van der Waals surface area contributed by atoms with Crippen LogP contribution in [0.4, 0.5) is 0 Å². The zero-order valence-electron chi connectivity index (χ0n) is 10.6. The van der Waals surface area contributed by atoms with Gasteiger partial charge >= 0.3 is 0 Å². The zero-order chi connectivity index (χ0) is 13.1. The first-order chi connectivity index (χ1) is 8.58. The molecule has 2 rings (SSSR count). The van der Waals surface area contributed by atoms with Gasteiger partial charge in [-0.05, 0) is 19.9 Å². The average Bonchev–Trinajstić information content (AvgIpc) is 2.31. The average molecular weight is 247 g/mol. The molecule has 4 heteroatoms. The summed E-state index contributed by atoms with van der Waals surface area (Å²) >= 11 is 0. The van der Waals surface area contributed by atoms with E-state index in [9.17, 15) is 10.1 Å². The summed E-state index contributed by atoms with van der Waals surface area (Å²) in [6.07, 6.45) is 2.07. The second-order valence-electron chi connectivity index (χ2n) is 4.88. The van der Waals surface area contributed by atoms with Crippen LogP contribution in [-0.4, -0.2) is 18.1 Å². The number of nitrogens with zero attached hydrogens (tertiary/aromatic N) is 1. The van der Waals surface area contributed by atoms with Crippen LogP contribution >= 0.6 is 0 Å². The van der Waals surface area contributed by atoms with Crippen LogP contribution in [0.1, 0.15) is 25.3 Å². The first-order valence-electron chi connectivity index (χ1n) is 6.06. The number of para-hydroxylation sites is 1. The lowest BCUT2D eigenvalue weighted by Crippen LogP contribution is -2.29. The van der Waals surface area contributed by atoms with E-state index in [4.69, 9.17) is 4.74 Å². The summed E-state index contributed by atoms with van der Waals surface area (Å²) in [5, 5.41) is 10.9. The predicted molar refractivity (Wildman–Crippen MR) is 69.5 cm³/mol. The van der Waals surface area contributed by atoms with Gasteiger partial charge in [0.25, 0.3) is 0 Å². The molecule has 0 aliphatic carbocycles. The van der Waals surface area contributed by atoms with E-state index in [-0.39, 0.29) is 23.3 Å². The standard InChI is InChI=1S/C14H17NO3/c1-10(2)7-11-9-18-14-6-4-3-5-12(14)13(11)8-15(16)17/h3-7,11,13H,8-9H2,1-2H3/t11-,13-/m1/s1. The molecule has 0 saturated carbocycles.